The molecule has 2 amide bonds. The summed E-state index contributed by atoms with van der Waals surface area (Å²) in [6.07, 6.45) is 2.72. The van der Waals surface area contributed by atoms with Crippen molar-refractivity contribution in [1.29, 1.82) is 0 Å². The van der Waals surface area contributed by atoms with Gasteiger partial charge < -0.3 is 9.80 Å². The first kappa shape index (κ1) is 16.7. The maximum absolute atomic E-state index is 13.8. The highest BCUT2D eigenvalue weighted by molar-refractivity contribution is 5.83. The highest BCUT2D eigenvalue weighted by atomic mass is 19.3. The van der Waals surface area contributed by atoms with Crippen molar-refractivity contribution in [2.75, 3.05) is 26.7 Å². The molecule has 0 aromatic rings. The predicted molar refractivity (Wildman–Crippen MR) is 82.0 cm³/mol. The molecule has 2 atom stereocenters. The van der Waals surface area contributed by atoms with Crippen LogP contribution in [0.4, 0.5) is 8.78 Å². The van der Waals surface area contributed by atoms with Crippen molar-refractivity contribution >= 4 is 11.8 Å². The molecule has 6 heteroatoms. The largest absolute Gasteiger partial charge is 0.345 e. The van der Waals surface area contributed by atoms with E-state index in [1.807, 2.05) is 0 Å². The van der Waals surface area contributed by atoms with E-state index in [1.165, 1.54) is 0 Å². The molecule has 2 aliphatic heterocycles. The summed E-state index contributed by atoms with van der Waals surface area (Å²) in [5.74, 6) is -2.76. The van der Waals surface area contributed by atoms with Crippen molar-refractivity contribution in [3.05, 3.63) is 0 Å². The predicted octanol–water partition coefficient (Wildman–Crippen LogP) is 2.67. The minimum Gasteiger partial charge on any atom is -0.345 e. The molecule has 0 radical (unpaired) electrons. The molecule has 1 aliphatic carbocycles. The number of halogens is 2. The smallest absolute Gasteiger partial charge is 0.249 e. The zero-order valence-electron chi connectivity index (χ0n) is 14.0. The second kappa shape index (κ2) is 5.42. The Hall–Kier alpha value is -1.20. The topological polar surface area (TPSA) is 40.6 Å². The first-order chi connectivity index (χ1) is 10.6. The molecule has 2 saturated heterocycles. The molecule has 2 unspecified atom stereocenters. The molecule has 0 bridgehead atoms. The average molecular weight is 328 g/mol. The van der Waals surface area contributed by atoms with E-state index in [0.717, 1.165) is 12.8 Å². The van der Waals surface area contributed by atoms with Crippen LogP contribution in [-0.2, 0) is 9.59 Å². The molecule has 2 heterocycles. The normalized spacial score (nSPS) is 37.5. The number of hydrogen-bond donors (Lipinski definition) is 0. The molecule has 4 nitrogen and oxygen atoms in total. The second-order valence-electron chi connectivity index (χ2n) is 8.20. The van der Waals surface area contributed by atoms with E-state index >= 15 is 0 Å². The SMILES string of the molecule is CN1CC2(CCCN(C(=O)C3(C)CCCC(F)(F)C3)C2)CC1=O. The molecule has 3 rings (SSSR count). The van der Waals surface area contributed by atoms with Gasteiger partial charge in [0, 0.05) is 51.4 Å². The zero-order valence-corrected chi connectivity index (χ0v) is 14.0. The van der Waals surface area contributed by atoms with Crippen LogP contribution in [0, 0.1) is 10.8 Å². The van der Waals surface area contributed by atoms with Crippen LogP contribution in [0.3, 0.4) is 0 Å². The van der Waals surface area contributed by atoms with Crippen LogP contribution in [0.15, 0.2) is 0 Å². The fourth-order valence-corrected chi connectivity index (χ4v) is 4.81. The summed E-state index contributed by atoms with van der Waals surface area (Å²) >= 11 is 0. The Bertz CT molecular complexity index is 525. The Labute approximate surface area is 136 Å². The van der Waals surface area contributed by atoms with Crippen molar-refractivity contribution in [2.24, 2.45) is 10.8 Å². The number of hydrogen-bond acceptors (Lipinski definition) is 2. The Morgan fingerprint density at radius 3 is 2.48 bits per heavy atom. The standard InChI is InChI=1S/C17H26F2N2O2/c1-15(5-3-7-17(18,19)10-15)14(23)21-8-4-6-16(12-21)9-13(22)20(2)11-16/h3-12H2,1-2H3. The number of carbonyl (C=O) groups is 2. The molecule has 1 spiro atoms. The van der Waals surface area contributed by atoms with E-state index in [9.17, 15) is 18.4 Å². The summed E-state index contributed by atoms with van der Waals surface area (Å²) in [6, 6.07) is 0. The summed E-state index contributed by atoms with van der Waals surface area (Å²) in [5, 5.41) is 0. The van der Waals surface area contributed by atoms with E-state index in [-0.39, 0.29) is 30.1 Å². The summed E-state index contributed by atoms with van der Waals surface area (Å²) in [4.78, 5) is 28.3. The van der Waals surface area contributed by atoms with Gasteiger partial charge in [-0.25, -0.2) is 8.78 Å². The van der Waals surface area contributed by atoms with Crippen molar-refractivity contribution in [3.8, 4) is 0 Å². The van der Waals surface area contributed by atoms with Crippen molar-refractivity contribution in [2.45, 2.75) is 57.8 Å². The molecule has 0 aromatic carbocycles. The highest BCUT2D eigenvalue weighted by Crippen LogP contribution is 2.47. The molecular weight excluding hydrogens is 302 g/mol. The van der Waals surface area contributed by atoms with E-state index < -0.39 is 11.3 Å². The van der Waals surface area contributed by atoms with Gasteiger partial charge in [0.2, 0.25) is 17.7 Å². The van der Waals surface area contributed by atoms with Crippen LogP contribution < -0.4 is 0 Å². The lowest BCUT2D eigenvalue weighted by atomic mass is 9.71. The monoisotopic (exact) mass is 328 g/mol. The number of rotatable bonds is 1. The van der Waals surface area contributed by atoms with E-state index in [2.05, 4.69) is 0 Å². The van der Waals surface area contributed by atoms with Gasteiger partial charge in [-0.05, 0) is 25.7 Å². The van der Waals surface area contributed by atoms with E-state index in [1.54, 1.807) is 23.8 Å². The summed E-state index contributed by atoms with van der Waals surface area (Å²) in [7, 11) is 1.79. The number of nitrogens with zero attached hydrogens (tertiary/aromatic N) is 2. The minimum atomic E-state index is -2.74. The lowest BCUT2D eigenvalue weighted by Crippen LogP contribution is -2.53. The van der Waals surface area contributed by atoms with Gasteiger partial charge in [-0.2, -0.15) is 0 Å². The maximum atomic E-state index is 13.8. The Balaban J connectivity index is 1.74. The first-order valence-corrected chi connectivity index (χ1v) is 8.56. The molecule has 3 fully saturated rings. The molecule has 3 aliphatic rings. The average Bonchev–Trinajstić information content (AvgIpc) is 2.70. The number of amides is 2. The highest BCUT2D eigenvalue weighted by Gasteiger charge is 2.51. The van der Waals surface area contributed by atoms with E-state index in [0.29, 0.717) is 38.9 Å². The lowest BCUT2D eigenvalue weighted by Gasteiger charge is -2.45. The van der Waals surface area contributed by atoms with Crippen molar-refractivity contribution in [3.63, 3.8) is 0 Å². The molecule has 23 heavy (non-hydrogen) atoms. The number of likely N-dealkylation sites (tertiary alicyclic amines) is 2. The van der Waals surface area contributed by atoms with Gasteiger partial charge in [-0.1, -0.05) is 6.92 Å². The van der Waals surface area contributed by atoms with E-state index in [4.69, 9.17) is 0 Å². The van der Waals surface area contributed by atoms with Crippen molar-refractivity contribution < 1.29 is 18.4 Å². The third-order valence-electron chi connectivity index (χ3n) is 5.91. The van der Waals surface area contributed by atoms with Gasteiger partial charge in [-0.3, -0.25) is 9.59 Å². The van der Waals surface area contributed by atoms with Crippen LogP contribution in [0.2, 0.25) is 0 Å². The first-order valence-electron chi connectivity index (χ1n) is 8.56. The summed E-state index contributed by atoms with van der Waals surface area (Å²) < 4.78 is 27.6. The summed E-state index contributed by atoms with van der Waals surface area (Å²) in [6.45, 7) is 3.51. The second-order valence-corrected chi connectivity index (χ2v) is 8.20. The third kappa shape index (κ3) is 3.09. The Morgan fingerprint density at radius 2 is 1.87 bits per heavy atom. The van der Waals surface area contributed by atoms with Gasteiger partial charge in [0.05, 0.1) is 5.41 Å². The van der Waals surface area contributed by atoms with Crippen LogP contribution in [0.1, 0.15) is 51.9 Å². The molecule has 1 saturated carbocycles. The van der Waals surface area contributed by atoms with Crippen LogP contribution in [0.25, 0.3) is 0 Å². The Kier molecular flexibility index (Phi) is 3.92. The van der Waals surface area contributed by atoms with Gasteiger partial charge >= 0.3 is 0 Å². The van der Waals surface area contributed by atoms with Gasteiger partial charge in [0.15, 0.2) is 0 Å². The number of carbonyl (C=O) groups excluding carboxylic acids is 2. The van der Waals surface area contributed by atoms with Crippen molar-refractivity contribution in [1.82, 2.24) is 9.80 Å². The van der Waals surface area contributed by atoms with Crippen LogP contribution in [0.5, 0.6) is 0 Å². The van der Waals surface area contributed by atoms with Gasteiger partial charge in [-0.15, -0.1) is 0 Å². The molecule has 0 aromatic heterocycles. The number of piperidine rings is 1. The zero-order chi connectivity index (χ0) is 16.9. The van der Waals surface area contributed by atoms with Gasteiger partial charge in [0.25, 0.3) is 0 Å². The number of alkyl halides is 2. The van der Waals surface area contributed by atoms with Gasteiger partial charge in [0.1, 0.15) is 0 Å². The summed E-state index contributed by atoms with van der Waals surface area (Å²) in [5.41, 5.74) is -1.14. The maximum Gasteiger partial charge on any atom is 0.249 e. The lowest BCUT2D eigenvalue weighted by molar-refractivity contribution is -0.156. The van der Waals surface area contributed by atoms with Crippen LogP contribution >= 0.6 is 0 Å². The van der Waals surface area contributed by atoms with Crippen LogP contribution in [-0.4, -0.2) is 54.2 Å². The fraction of sp³-hybridized carbons (Fsp3) is 0.882. The molecule has 130 valence electrons. The quantitative estimate of drug-likeness (QED) is 0.742. The third-order valence-corrected chi connectivity index (χ3v) is 5.91. The minimum absolute atomic E-state index is 0.112. The molecular formula is C17H26F2N2O2. The molecule has 0 N–H and O–H groups in total. The Morgan fingerprint density at radius 1 is 1.13 bits per heavy atom. The fourth-order valence-electron chi connectivity index (χ4n) is 4.81.